The molecule has 1 atom stereocenters. The lowest BCUT2D eigenvalue weighted by atomic mass is 10.1. The highest BCUT2D eigenvalue weighted by Crippen LogP contribution is 2.31. The van der Waals surface area contributed by atoms with Crippen molar-refractivity contribution in [3.63, 3.8) is 0 Å². The van der Waals surface area contributed by atoms with Crippen LogP contribution in [0.4, 0.5) is 10.6 Å². The van der Waals surface area contributed by atoms with Crippen molar-refractivity contribution < 1.29 is 4.79 Å². The highest BCUT2D eigenvalue weighted by molar-refractivity contribution is 5.88. The molecular weight excluding hydrogens is 264 g/mol. The molecule has 1 saturated heterocycles. The van der Waals surface area contributed by atoms with Gasteiger partial charge in [-0.25, -0.2) is 9.78 Å². The fourth-order valence-corrected chi connectivity index (χ4v) is 2.67. The van der Waals surface area contributed by atoms with E-state index in [2.05, 4.69) is 15.3 Å². The van der Waals surface area contributed by atoms with Crippen LogP contribution in [0, 0.1) is 6.92 Å². The molecule has 0 saturated carbocycles. The first-order chi connectivity index (χ1) is 10.2. The Balaban J connectivity index is 1.73. The number of amides is 2. The molecular formula is C16H18N4O. The molecule has 3 heterocycles. The predicted molar refractivity (Wildman–Crippen MR) is 80.9 cm³/mol. The number of nitrogens with one attached hydrogen (secondary N) is 1. The fourth-order valence-electron chi connectivity index (χ4n) is 2.67. The zero-order chi connectivity index (χ0) is 14.7. The lowest BCUT2D eigenvalue weighted by Gasteiger charge is -2.25. The van der Waals surface area contributed by atoms with Crippen molar-refractivity contribution in [1.29, 1.82) is 0 Å². The Hall–Kier alpha value is -2.43. The van der Waals surface area contributed by atoms with E-state index in [1.54, 1.807) is 18.6 Å². The van der Waals surface area contributed by atoms with Gasteiger partial charge >= 0.3 is 6.03 Å². The molecule has 1 aliphatic heterocycles. The molecule has 0 aliphatic carbocycles. The molecule has 3 rings (SSSR count). The van der Waals surface area contributed by atoms with Crippen molar-refractivity contribution in [3.05, 3.63) is 54.0 Å². The van der Waals surface area contributed by atoms with E-state index in [1.807, 2.05) is 36.1 Å². The maximum absolute atomic E-state index is 12.4. The van der Waals surface area contributed by atoms with Crippen molar-refractivity contribution in [2.75, 3.05) is 11.9 Å². The van der Waals surface area contributed by atoms with Crippen molar-refractivity contribution in [3.8, 4) is 0 Å². The van der Waals surface area contributed by atoms with Crippen LogP contribution in [0.25, 0.3) is 0 Å². The van der Waals surface area contributed by atoms with Crippen LogP contribution in [0.2, 0.25) is 0 Å². The number of pyridine rings is 2. The van der Waals surface area contributed by atoms with E-state index in [0.717, 1.165) is 30.5 Å². The van der Waals surface area contributed by atoms with E-state index in [9.17, 15) is 4.79 Å². The van der Waals surface area contributed by atoms with Crippen LogP contribution in [-0.4, -0.2) is 27.4 Å². The summed E-state index contributed by atoms with van der Waals surface area (Å²) in [6, 6.07) is 7.74. The van der Waals surface area contributed by atoms with E-state index in [-0.39, 0.29) is 12.1 Å². The number of aryl methyl sites for hydroxylation is 1. The van der Waals surface area contributed by atoms with Gasteiger partial charge in [0.2, 0.25) is 0 Å². The summed E-state index contributed by atoms with van der Waals surface area (Å²) in [6.45, 7) is 2.74. The minimum absolute atomic E-state index is 0.0920. The number of urea groups is 1. The van der Waals surface area contributed by atoms with Gasteiger partial charge < -0.3 is 4.90 Å². The number of aromatic nitrogens is 2. The Morgan fingerprint density at radius 3 is 2.81 bits per heavy atom. The van der Waals surface area contributed by atoms with Gasteiger partial charge in [0, 0.05) is 25.1 Å². The molecule has 2 aromatic heterocycles. The Labute approximate surface area is 124 Å². The molecule has 0 spiro atoms. The molecule has 21 heavy (non-hydrogen) atoms. The van der Waals surface area contributed by atoms with Gasteiger partial charge in [0.05, 0.1) is 6.04 Å². The summed E-state index contributed by atoms with van der Waals surface area (Å²) in [5.41, 5.74) is 2.21. The Morgan fingerprint density at radius 2 is 2.10 bits per heavy atom. The number of nitrogens with zero attached hydrogens (tertiary/aromatic N) is 3. The first-order valence-electron chi connectivity index (χ1n) is 7.14. The zero-order valence-electron chi connectivity index (χ0n) is 12.0. The number of carbonyl (C=O) groups excluding carboxylic acids is 1. The van der Waals surface area contributed by atoms with Gasteiger partial charge in [0.25, 0.3) is 0 Å². The zero-order valence-corrected chi connectivity index (χ0v) is 12.0. The van der Waals surface area contributed by atoms with Crippen molar-refractivity contribution >= 4 is 11.8 Å². The first kappa shape index (κ1) is 13.5. The third kappa shape index (κ3) is 3.02. The summed E-state index contributed by atoms with van der Waals surface area (Å²) in [5, 5.41) is 2.87. The third-order valence-electron chi connectivity index (χ3n) is 3.75. The maximum atomic E-state index is 12.4. The first-order valence-corrected chi connectivity index (χ1v) is 7.14. The number of carbonyl (C=O) groups is 1. The topological polar surface area (TPSA) is 58.1 Å². The smallest absolute Gasteiger partial charge is 0.317 e. The lowest BCUT2D eigenvalue weighted by Crippen LogP contribution is -2.34. The number of hydrogen-bond donors (Lipinski definition) is 1. The van der Waals surface area contributed by atoms with Crippen LogP contribution in [0.1, 0.15) is 30.0 Å². The Bertz CT molecular complexity index is 612. The maximum Gasteiger partial charge on any atom is 0.323 e. The molecule has 5 nitrogen and oxygen atoms in total. The second-order valence-electron chi connectivity index (χ2n) is 5.28. The summed E-state index contributed by atoms with van der Waals surface area (Å²) >= 11 is 0. The van der Waals surface area contributed by atoms with Crippen LogP contribution in [0.3, 0.4) is 0 Å². The quantitative estimate of drug-likeness (QED) is 0.920. The highest BCUT2D eigenvalue weighted by Gasteiger charge is 2.30. The summed E-state index contributed by atoms with van der Waals surface area (Å²) in [7, 11) is 0. The molecule has 1 N–H and O–H groups in total. The third-order valence-corrected chi connectivity index (χ3v) is 3.75. The predicted octanol–water partition coefficient (Wildman–Crippen LogP) is 3.15. The SMILES string of the molecule is Cc1ccc(NC(=O)N2CCC[C@@H]2c2ccncc2)nc1. The van der Waals surface area contributed by atoms with Crippen LogP contribution < -0.4 is 5.32 Å². The molecule has 1 aliphatic rings. The van der Waals surface area contributed by atoms with E-state index in [4.69, 9.17) is 0 Å². The standard InChI is InChI=1S/C16H18N4O/c1-12-4-5-15(18-11-12)19-16(21)20-10-2-3-14(20)13-6-8-17-9-7-13/h4-9,11,14H,2-3,10H2,1H3,(H,18,19,21)/t14-/m1/s1. The second kappa shape index (κ2) is 5.91. The summed E-state index contributed by atoms with van der Waals surface area (Å²) < 4.78 is 0. The molecule has 0 unspecified atom stereocenters. The van der Waals surface area contributed by atoms with Crippen LogP contribution >= 0.6 is 0 Å². The van der Waals surface area contributed by atoms with Crippen LogP contribution in [0.5, 0.6) is 0 Å². The largest absolute Gasteiger partial charge is 0.323 e. The average Bonchev–Trinajstić information content (AvgIpc) is 3.00. The van der Waals surface area contributed by atoms with Crippen LogP contribution in [-0.2, 0) is 0 Å². The van der Waals surface area contributed by atoms with Crippen LogP contribution in [0.15, 0.2) is 42.9 Å². The number of rotatable bonds is 2. The number of anilines is 1. The highest BCUT2D eigenvalue weighted by atomic mass is 16.2. The monoisotopic (exact) mass is 282 g/mol. The minimum Gasteiger partial charge on any atom is -0.317 e. The molecule has 2 aromatic rings. The number of likely N-dealkylation sites (tertiary alicyclic amines) is 1. The summed E-state index contributed by atoms with van der Waals surface area (Å²) in [4.78, 5) is 22.6. The van der Waals surface area contributed by atoms with Crippen molar-refractivity contribution in [1.82, 2.24) is 14.9 Å². The molecule has 1 fully saturated rings. The van der Waals surface area contributed by atoms with E-state index in [1.165, 1.54) is 0 Å². The van der Waals surface area contributed by atoms with Crippen molar-refractivity contribution in [2.45, 2.75) is 25.8 Å². The summed E-state index contributed by atoms with van der Waals surface area (Å²) in [5.74, 6) is 0.589. The summed E-state index contributed by atoms with van der Waals surface area (Å²) in [6.07, 6.45) is 7.29. The van der Waals surface area contributed by atoms with E-state index in [0.29, 0.717) is 5.82 Å². The van der Waals surface area contributed by atoms with E-state index >= 15 is 0 Å². The minimum atomic E-state index is -0.0920. The molecule has 2 amide bonds. The number of hydrogen-bond acceptors (Lipinski definition) is 3. The molecule has 0 aromatic carbocycles. The van der Waals surface area contributed by atoms with Gasteiger partial charge in [-0.15, -0.1) is 0 Å². The van der Waals surface area contributed by atoms with Gasteiger partial charge in [-0.05, 0) is 49.1 Å². The van der Waals surface area contributed by atoms with E-state index < -0.39 is 0 Å². The lowest BCUT2D eigenvalue weighted by molar-refractivity contribution is 0.207. The van der Waals surface area contributed by atoms with Gasteiger partial charge in [0.1, 0.15) is 5.82 Å². The fraction of sp³-hybridized carbons (Fsp3) is 0.312. The Kier molecular flexibility index (Phi) is 3.81. The van der Waals surface area contributed by atoms with Gasteiger partial charge in [-0.2, -0.15) is 0 Å². The molecule has 108 valence electrons. The average molecular weight is 282 g/mol. The van der Waals surface area contributed by atoms with Gasteiger partial charge in [-0.3, -0.25) is 10.3 Å². The second-order valence-corrected chi connectivity index (χ2v) is 5.28. The van der Waals surface area contributed by atoms with Gasteiger partial charge in [0.15, 0.2) is 0 Å². The molecule has 0 bridgehead atoms. The normalized spacial score (nSPS) is 17.8. The Morgan fingerprint density at radius 1 is 1.29 bits per heavy atom. The molecule has 0 radical (unpaired) electrons. The van der Waals surface area contributed by atoms with Gasteiger partial charge in [-0.1, -0.05) is 6.07 Å². The van der Waals surface area contributed by atoms with Crippen molar-refractivity contribution in [2.24, 2.45) is 0 Å². The molecule has 5 heteroatoms.